The van der Waals surface area contributed by atoms with Crippen molar-refractivity contribution in [1.29, 1.82) is 0 Å². The van der Waals surface area contributed by atoms with E-state index in [9.17, 15) is 14.7 Å². The zero-order valence-electron chi connectivity index (χ0n) is 13.9. The lowest BCUT2D eigenvalue weighted by Crippen LogP contribution is -2.41. The Balaban J connectivity index is 1.54. The van der Waals surface area contributed by atoms with Crippen LogP contribution in [0.5, 0.6) is 5.75 Å². The summed E-state index contributed by atoms with van der Waals surface area (Å²) in [6, 6.07) is 14.5. The molecule has 25 heavy (non-hydrogen) atoms. The van der Waals surface area contributed by atoms with Gasteiger partial charge >= 0.3 is 0 Å². The number of carbonyl (C=O) groups is 2. The van der Waals surface area contributed by atoms with Crippen LogP contribution in [0.2, 0.25) is 0 Å². The molecular weight excluding hydrogens is 320 g/mol. The van der Waals surface area contributed by atoms with E-state index in [4.69, 9.17) is 4.74 Å². The highest BCUT2D eigenvalue weighted by molar-refractivity contribution is 6.00. The Morgan fingerprint density at radius 3 is 2.80 bits per heavy atom. The Hall–Kier alpha value is -2.86. The minimum Gasteiger partial charge on any atom is -0.478 e. The zero-order valence-corrected chi connectivity index (χ0v) is 13.9. The lowest BCUT2D eigenvalue weighted by Gasteiger charge is -2.26. The fourth-order valence-corrected chi connectivity index (χ4v) is 2.64. The lowest BCUT2D eigenvalue weighted by atomic mass is 10.1. The first-order valence-electron chi connectivity index (χ1n) is 8.11. The van der Waals surface area contributed by atoms with Gasteiger partial charge in [0.1, 0.15) is 5.75 Å². The highest BCUT2D eigenvalue weighted by atomic mass is 16.5. The molecule has 2 atom stereocenters. The van der Waals surface area contributed by atoms with Gasteiger partial charge in [-0.3, -0.25) is 9.59 Å². The van der Waals surface area contributed by atoms with Gasteiger partial charge in [-0.15, -0.1) is 0 Å². The molecular formula is C19H20N2O4. The van der Waals surface area contributed by atoms with Crippen LogP contribution in [0.1, 0.15) is 23.7 Å². The maximum atomic E-state index is 12.1. The highest BCUT2D eigenvalue weighted by Gasteiger charge is 2.29. The summed E-state index contributed by atoms with van der Waals surface area (Å²) in [5.41, 5.74) is 2.34. The second-order valence-corrected chi connectivity index (χ2v) is 6.03. The molecule has 2 unspecified atom stereocenters. The molecule has 6 nitrogen and oxygen atoms in total. The van der Waals surface area contributed by atoms with Crippen LogP contribution in [0, 0.1) is 6.92 Å². The van der Waals surface area contributed by atoms with Crippen LogP contribution in [0.25, 0.3) is 0 Å². The predicted octanol–water partition coefficient (Wildman–Crippen LogP) is 1.93. The third-order valence-corrected chi connectivity index (χ3v) is 4.00. The third-order valence-electron chi connectivity index (χ3n) is 4.00. The summed E-state index contributed by atoms with van der Waals surface area (Å²) < 4.78 is 5.63. The standard InChI is InChI=1S/C19H20N2O4/c1-12-7-8-16-14(9-12)21-19(24)17(25-16)10-18(23)20-11-15(22)13-5-3-2-4-6-13/h2-9,15,17,22H,10-11H2,1H3,(H,20,23)(H,21,24). The SMILES string of the molecule is Cc1ccc2c(c1)NC(=O)C(CC(=O)NCC(O)c1ccccc1)O2. The molecule has 0 fully saturated rings. The molecule has 3 N–H and O–H groups in total. The average Bonchev–Trinajstić information content (AvgIpc) is 2.61. The van der Waals surface area contributed by atoms with Crippen molar-refractivity contribution in [2.75, 3.05) is 11.9 Å². The van der Waals surface area contributed by atoms with Gasteiger partial charge in [0.15, 0.2) is 6.10 Å². The summed E-state index contributed by atoms with van der Waals surface area (Å²) in [5.74, 6) is -0.158. The number of ether oxygens (including phenoxy) is 1. The van der Waals surface area contributed by atoms with Crippen molar-refractivity contribution >= 4 is 17.5 Å². The van der Waals surface area contributed by atoms with Crippen LogP contribution in [-0.2, 0) is 9.59 Å². The molecule has 2 amide bonds. The Kier molecular flexibility index (Phi) is 5.00. The molecule has 0 bridgehead atoms. The van der Waals surface area contributed by atoms with E-state index in [1.807, 2.05) is 37.3 Å². The van der Waals surface area contributed by atoms with Crippen LogP contribution in [0.4, 0.5) is 5.69 Å². The first-order chi connectivity index (χ1) is 12.0. The van der Waals surface area contributed by atoms with Gasteiger partial charge in [-0.05, 0) is 30.2 Å². The van der Waals surface area contributed by atoms with Crippen molar-refractivity contribution < 1.29 is 19.4 Å². The first kappa shape index (κ1) is 17.0. The van der Waals surface area contributed by atoms with E-state index in [0.717, 1.165) is 11.1 Å². The Morgan fingerprint density at radius 1 is 1.28 bits per heavy atom. The smallest absolute Gasteiger partial charge is 0.266 e. The van der Waals surface area contributed by atoms with E-state index in [2.05, 4.69) is 10.6 Å². The van der Waals surface area contributed by atoms with Gasteiger partial charge in [0.2, 0.25) is 5.91 Å². The third kappa shape index (κ3) is 4.16. The topological polar surface area (TPSA) is 87.7 Å². The van der Waals surface area contributed by atoms with Gasteiger partial charge in [0.05, 0.1) is 18.2 Å². The van der Waals surface area contributed by atoms with E-state index >= 15 is 0 Å². The van der Waals surface area contributed by atoms with Crippen molar-refractivity contribution in [2.24, 2.45) is 0 Å². The number of nitrogens with one attached hydrogen (secondary N) is 2. The molecule has 130 valence electrons. The zero-order chi connectivity index (χ0) is 17.8. The minimum atomic E-state index is -0.885. The number of hydrogen-bond acceptors (Lipinski definition) is 4. The molecule has 2 aromatic rings. The minimum absolute atomic E-state index is 0.0764. The second kappa shape index (κ2) is 7.36. The first-order valence-corrected chi connectivity index (χ1v) is 8.11. The molecule has 1 heterocycles. The maximum absolute atomic E-state index is 12.1. The molecule has 0 aliphatic carbocycles. The number of fused-ring (bicyclic) bond motifs is 1. The summed E-state index contributed by atoms with van der Waals surface area (Å²) in [6.45, 7) is 2.00. The Morgan fingerprint density at radius 2 is 2.04 bits per heavy atom. The van der Waals surface area contributed by atoms with Crippen molar-refractivity contribution in [1.82, 2.24) is 5.32 Å². The van der Waals surface area contributed by atoms with Crippen molar-refractivity contribution in [2.45, 2.75) is 25.6 Å². The van der Waals surface area contributed by atoms with E-state index in [0.29, 0.717) is 11.4 Å². The number of aryl methyl sites for hydroxylation is 1. The molecule has 1 aliphatic rings. The number of amides is 2. The van der Waals surface area contributed by atoms with Gasteiger partial charge in [0, 0.05) is 6.54 Å². The number of benzene rings is 2. The van der Waals surface area contributed by atoms with E-state index in [1.54, 1.807) is 18.2 Å². The molecule has 0 saturated heterocycles. The highest BCUT2D eigenvalue weighted by Crippen LogP contribution is 2.31. The van der Waals surface area contributed by atoms with Crippen LogP contribution < -0.4 is 15.4 Å². The Bertz CT molecular complexity index is 776. The van der Waals surface area contributed by atoms with E-state index in [-0.39, 0.29) is 24.8 Å². The van der Waals surface area contributed by atoms with Gasteiger partial charge in [0.25, 0.3) is 5.91 Å². The number of hydrogen-bond donors (Lipinski definition) is 3. The molecule has 2 aromatic carbocycles. The second-order valence-electron chi connectivity index (χ2n) is 6.03. The predicted molar refractivity (Wildman–Crippen MR) is 93.3 cm³/mol. The van der Waals surface area contributed by atoms with Crippen molar-refractivity contribution in [3.05, 3.63) is 59.7 Å². The van der Waals surface area contributed by atoms with Gasteiger partial charge in [-0.2, -0.15) is 0 Å². The normalized spacial score (nSPS) is 17.0. The molecule has 1 aliphatic heterocycles. The largest absolute Gasteiger partial charge is 0.478 e. The Labute approximate surface area is 145 Å². The quantitative estimate of drug-likeness (QED) is 0.776. The van der Waals surface area contributed by atoms with Gasteiger partial charge in [-0.25, -0.2) is 0 Å². The molecule has 6 heteroatoms. The summed E-state index contributed by atoms with van der Waals surface area (Å²) >= 11 is 0. The van der Waals surface area contributed by atoms with Crippen LogP contribution in [-0.4, -0.2) is 29.6 Å². The monoisotopic (exact) mass is 340 g/mol. The molecule has 3 rings (SSSR count). The molecule has 0 aromatic heterocycles. The summed E-state index contributed by atoms with van der Waals surface area (Å²) in [5, 5.41) is 15.4. The fraction of sp³-hybridized carbons (Fsp3) is 0.263. The molecule has 0 radical (unpaired) electrons. The summed E-state index contributed by atoms with van der Waals surface area (Å²) in [7, 11) is 0. The average molecular weight is 340 g/mol. The number of carbonyl (C=O) groups excluding carboxylic acids is 2. The number of aliphatic hydroxyl groups excluding tert-OH is 1. The fourth-order valence-electron chi connectivity index (χ4n) is 2.64. The van der Waals surface area contributed by atoms with Crippen LogP contribution in [0.15, 0.2) is 48.5 Å². The van der Waals surface area contributed by atoms with Crippen molar-refractivity contribution in [3.63, 3.8) is 0 Å². The summed E-state index contributed by atoms with van der Waals surface area (Å²) in [4.78, 5) is 24.2. The van der Waals surface area contributed by atoms with Gasteiger partial charge in [-0.1, -0.05) is 36.4 Å². The number of anilines is 1. The van der Waals surface area contributed by atoms with Crippen LogP contribution >= 0.6 is 0 Å². The number of rotatable bonds is 5. The maximum Gasteiger partial charge on any atom is 0.266 e. The molecule has 0 saturated carbocycles. The van der Waals surface area contributed by atoms with E-state index < -0.39 is 12.2 Å². The van der Waals surface area contributed by atoms with Gasteiger partial charge < -0.3 is 20.5 Å². The lowest BCUT2D eigenvalue weighted by molar-refractivity contribution is -0.130. The molecule has 0 spiro atoms. The summed E-state index contributed by atoms with van der Waals surface area (Å²) in [6.07, 6.45) is -1.79. The van der Waals surface area contributed by atoms with Crippen molar-refractivity contribution in [3.8, 4) is 5.75 Å². The van der Waals surface area contributed by atoms with Crippen LogP contribution in [0.3, 0.4) is 0 Å². The number of aliphatic hydroxyl groups is 1. The van der Waals surface area contributed by atoms with E-state index in [1.165, 1.54) is 0 Å².